The van der Waals surface area contributed by atoms with Gasteiger partial charge in [0.1, 0.15) is 11.5 Å². The third-order valence-electron chi connectivity index (χ3n) is 4.92. The number of thiazole rings is 1. The SMILES string of the molecule is NC(=O)c1nc(-c2nc(NCc3ccccn3)c3c(-c4ccccc4)cccc3n2)cs1. The highest BCUT2D eigenvalue weighted by Gasteiger charge is 2.17. The van der Waals surface area contributed by atoms with Gasteiger partial charge in [-0.2, -0.15) is 0 Å². The Balaban J connectivity index is 1.66. The van der Waals surface area contributed by atoms with Gasteiger partial charge in [0.25, 0.3) is 5.91 Å². The highest BCUT2D eigenvalue weighted by atomic mass is 32.1. The van der Waals surface area contributed by atoms with E-state index in [-0.39, 0.29) is 5.01 Å². The van der Waals surface area contributed by atoms with Crippen LogP contribution < -0.4 is 11.1 Å². The number of nitrogens with two attached hydrogens (primary N) is 1. The van der Waals surface area contributed by atoms with Crippen LogP contribution in [0, 0.1) is 0 Å². The van der Waals surface area contributed by atoms with Crippen molar-refractivity contribution in [1.29, 1.82) is 0 Å². The summed E-state index contributed by atoms with van der Waals surface area (Å²) in [5.41, 5.74) is 9.64. The number of aromatic nitrogens is 4. The molecule has 7 nitrogen and oxygen atoms in total. The van der Waals surface area contributed by atoms with Gasteiger partial charge in [-0.25, -0.2) is 15.0 Å². The normalized spacial score (nSPS) is 10.9. The number of amides is 1. The number of fused-ring (bicyclic) bond motifs is 1. The van der Waals surface area contributed by atoms with E-state index in [2.05, 4.69) is 33.5 Å². The van der Waals surface area contributed by atoms with Crippen LogP contribution in [0.15, 0.2) is 78.3 Å². The lowest BCUT2D eigenvalue weighted by molar-refractivity contribution is 0.1000. The van der Waals surface area contributed by atoms with Crippen LogP contribution in [0.3, 0.4) is 0 Å². The van der Waals surface area contributed by atoms with E-state index in [1.54, 1.807) is 11.6 Å². The Bertz CT molecular complexity index is 1400. The fourth-order valence-corrected chi connectivity index (χ4v) is 4.10. The van der Waals surface area contributed by atoms with E-state index in [0.29, 0.717) is 23.9 Å². The molecule has 0 saturated carbocycles. The van der Waals surface area contributed by atoms with E-state index in [1.165, 1.54) is 11.3 Å². The number of anilines is 1. The number of nitrogens with zero attached hydrogens (tertiary/aromatic N) is 4. The van der Waals surface area contributed by atoms with Crippen molar-refractivity contribution in [3.05, 3.63) is 89.0 Å². The molecular weight excluding hydrogens is 420 g/mol. The summed E-state index contributed by atoms with van der Waals surface area (Å²) in [4.78, 5) is 29.7. The molecule has 3 heterocycles. The van der Waals surface area contributed by atoms with Crippen LogP contribution in [0.1, 0.15) is 15.5 Å². The van der Waals surface area contributed by atoms with Crippen molar-refractivity contribution in [3.8, 4) is 22.6 Å². The Morgan fingerprint density at radius 2 is 1.78 bits per heavy atom. The quantitative estimate of drug-likeness (QED) is 0.403. The summed E-state index contributed by atoms with van der Waals surface area (Å²) in [6, 6.07) is 21.9. The number of benzene rings is 2. The standard InChI is InChI=1S/C24H18N6OS/c25-21(31)24-29-19(14-32-24)22-28-18-11-6-10-17(15-7-2-1-3-8-15)20(18)23(30-22)27-13-16-9-4-5-12-26-16/h1-12,14H,13H2,(H2,25,31)(H,27,28,30). The van der Waals surface area contributed by atoms with Gasteiger partial charge in [-0.3, -0.25) is 9.78 Å². The van der Waals surface area contributed by atoms with Gasteiger partial charge in [-0.1, -0.05) is 48.5 Å². The minimum atomic E-state index is -0.568. The Hall–Kier alpha value is -4.17. The number of carbonyl (C=O) groups excluding carboxylic acids is 1. The molecule has 0 spiro atoms. The first-order chi connectivity index (χ1) is 15.7. The largest absolute Gasteiger partial charge is 0.364 e. The Kier molecular flexibility index (Phi) is 5.27. The molecule has 32 heavy (non-hydrogen) atoms. The second-order valence-corrected chi connectivity index (χ2v) is 7.90. The second-order valence-electron chi connectivity index (χ2n) is 7.04. The van der Waals surface area contributed by atoms with E-state index < -0.39 is 5.91 Å². The van der Waals surface area contributed by atoms with Crippen LogP contribution in [-0.4, -0.2) is 25.8 Å². The van der Waals surface area contributed by atoms with E-state index in [1.807, 2.05) is 48.5 Å². The maximum Gasteiger partial charge on any atom is 0.277 e. The molecule has 0 aliphatic heterocycles. The molecule has 1 amide bonds. The molecule has 5 aromatic rings. The summed E-state index contributed by atoms with van der Waals surface area (Å²) in [6.45, 7) is 0.499. The predicted molar refractivity (Wildman–Crippen MR) is 126 cm³/mol. The lowest BCUT2D eigenvalue weighted by atomic mass is 10.0. The summed E-state index contributed by atoms with van der Waals surface area (Å²) in [6.07, 6.45) is 1.76. The molecule has 156 valence electrons. The summed E-state index contributed by atoms with van der Waals surface area (Å²) >= 11 is 1.18. The molecule has 0 atom stereocenters. The first-order valence-electron chi connectivity index (χ1n) is 9.95. The molecule has 0 aliphatic rings. The first-order valence-corrected chi connectivity index (χ1v) is 10.8. The summed E-state index contributed by atoms with van der Waals surface area (Å²) < 4.78 is 0. The average Bonchev–Trinajstić information content (AvgIpc) is 3.34. The fraction of sp³-hybridized carbons (Fsp3) is 0.0417. The molecule has 3 aromatic heterocycles. The molecular formula is C24H18N6OS. The zero-order valence-corrected chi connectivity index (χ0v) is 17.7. The first kappa shape index (κ1) is 19.8. The number of carbonyl (C=O) groups is 1. The Labute approximate surface area is 188 Å². The van der Waals surface area contributed by atoms with E-state index in [0.717, 1.165) is 27.7 Å². The van der Waals surface area contributed by atoms with Gasteiger partial charge in [0.2, 0.25) is 0 Å². The summed E-state index contributed by atoms with van der Waals surface area (Å²) in [7, 11) is 0. The predicted octanol–water partition coefficient (Wildman–Crippen LogP) is 4.53. The van der Waals surface area contributed by atoms with Crippen LogP contribution in [0.2, 0.25) is 0 Å². The van der Waals surface area contributed by atoms with Gasteiger partial charge in [0.05, 0.1) is 23.1 Å². The smallest absolute Gasteiger partial charge is 0.277 e. The topological polar surface area (TPSA) is 107 Å². The number of pyridine rings is 1. The van der Waals surface area contributed by atoms with Crippen LogP contribution >= 0.6 is 11.3 Å². The third kappa shape index (κ3) is 3.91. The minimum Gasteiger partial charge on any atom is -0.364 e. The van der Waals surface area contributed by atoms with Crippen molar-refractivity contribution in [2.75, 3.05) is 5.32 Å². The van der Waals surface area contributed by atoms with E-state index in [9.17, 15) is 4.79 Å². The molecule has 8 heteroatoms. The number of hydrogen-bond donors (Lipinski definition) is 2. The maximum atomic E-state index is 11.5. The molecule has 2 aromatic carbocycles. The third-order valence-corrected chi connectivity index (χ3v) is 5.77. The molecule has 0 fully saturated rings. The van der Waals surface area contributed by atoms with Gasteiger partial charge in [-0.15, -0.1) is 11.3 Å². The van der Waals surface area contributed by atoms with Crippen molar-refractivity contribution in [2.24, 2.45) is 5.73 Å². The van der Waals surface area contributed by atoms with Gasteiger partial charge < -0.3 is 11.1 Å². The molecule has 0 radical (unpaired) electrons. The monoisotopic (exact) mass is 438 g/mol. The number of nitrogens with one attached hydrogen (secondary N) is 1. The van der Waals surface area contributed by atoms with Crippen molar-refractivity contribution in [3.63, 3.8) is 0 Å². The second kappa shape index (κ2) is 8.52. The van der Waals surface area contributed by atoms with Crippen LogP contribution in [0.5, 0.6) is 0 Å². The Morgan fingerprint density at radius 1 is 0.938 bits per heavy atom. The van der Waals surface area contributed by atoms with Crippen molar-refractivity contribution in [1.82, 2.24) is 19.9 Å². The highest BCUT2D eigenvalue weighted by molar-refractivity contribution is 7.12. The van der Waals surface area contributed by atoms with Crippen LogP contribution in [-0.2, 0) is 6.54 Å². The number of hydrogen-bond acceptors (Lipinski definition) is 7. The molecule has 0 saturated heterocycles. The van der Waals surface area contributed by atoms with Crippen molar-refractivity contribution in [2.45, 2.75) is 6.54 Å². The van der Waals surface area contributed by atoms with Gasteiger partial charge >= 0.3 is 0 Å². The van der Waals surface area contributed by atoms with Crippen molar-refractivity contribution < 1.29 is 4.79 Å². The van der Waals surface area contributed by atoms with Crippen LogP contribution in [0.25, 0.3) is 33.5 Å². The van der Waals surface area contributed by atoms with Gasteiger partial charge in [-0.05, 0) is 29.3 Å². The Morgan fingerprint density at radius 3 is 2.53 bits per heavy atom. The number of rotatable bonds is 6. The zero-order chi connectivity index (χ0) is 21.9. The van der Waals surface area contributed by atoms with Gasteiger partial charge in [0, 0.05) is 11.6 Å². The molecule has 0 bridgehead atoms. The molecule has 0 aliphatic carbocycles. The van der Waals surface area contributed by atoms with Crippen molar-refractivity contribution >= 4 is 34.0 Å². The van der Waals surface area contributed by atoms with E-state index >= 15 is 0 Å². The lowest BCUT2D eigenvalue weighted by Crippen LogP contribution is -2.10. The number of primary amides is 1. The highest BCUT2D eigenvalue weighted by Crippen LogP contribution is 2.34. The minimum absolute atomic E-state index is 0.227. The zero-order valence-electron chi connectivity index (χ0n) is 16.9. The summed E-state index contributed by atoms with van der Waals surface area (Å²) in [5, 5.41) is 6.30. The summed E-state index contributed by atoms with van der Waals surface area (Å²) in [5.74, 6) is 0.528. The molecule has 5 rings (SSSR count). The molecule has 3 N–H and O–H groups in total. The van der Waals surface area contributed by atoms with Crippen LogP contribution in [0.4, 0.5) is 5.82 Å². The fourth-order valence-electron chi connectivity index (χ4n) is 3.45. The lowest BCUT2D eigenvalue weighted by Gasteiger charge is -2.14. The average molecular weight is 439 g/mol. The maximum absolute atomic E-state index is 11.5. The van der Waals surface area contributed by atoms with Gasteiger partial charge in [0.15, 0.2) is 10.8 Å². The molecule has 0 unspecified atom stereocenters. The van der Waals surface area contributed by atoms with E-state index in [4.69, 9.17) is 15.7 Å².